The third-order valence-corrected chi connectivity index (χ3v) is 6.30. The Morgan fingerprint density at radius 1 is 1.39 bits per heavy atom. The summed E-state index contributed by atoms with van der Waals surface area (Å²) in [6.07, 6.45) is 5.88. The monoisotopic (exact) mass is 381 g/mol. The SMILES string of the molecule is Cc1c(Br)cccc1OC1CCC2(CCN(CC(=O)O)CC2)C1. The first-order chi connectivity index (χ1) is 11.0. The maximum absolute atomic E-state index is 10.8. The highest BCUT2D eigenvalue weighted by Crippen LogP contribution is 2.47. The number of hydrogen-bond donors (Lipinski definition) is 1. The summed E-state index contributed by atoms with van der Waals surface area (Å²) in [7, 11) is 0. The van der Waals surface area contributed by atoms with Gasteiger partial charge >= 0.3 is 5.97 Å². The second-order valence-electron chi connectivity index (χ2n) is 7.02. The van der Waals surface area contributed by atoms with Gasteiger partial charge in [-0.15, -0.1) is 0 Å². The minimum absolute atomic E-state index is 0.174. The van der Waals surface area contributed by atoms with Crippen LogP contribution in [0.1, 0.15) is 37.7 Å². The molecule has 0 amide bonds. The third kappa shape index (κ3) is 3.89. The number of carbonyl (C=O) groups is 1. The van der Waals surface area contributed by atoms with Gasteiger partial charge in [-0.25, -0.2) is 0 Å². The van der Waals surface area contributed by atoms with E-state index >= 15 is 0 Å². The minimum Gasteiger partial charge on any atom is -0.490 e. The summed E-state index contributed by atoms with van der Waals surface area (Å²) < 4.78 is 7.36. The van der Waals surface area contributed by atoms with Gasteiger partial charge in [0.25, 0.3) is 0 Å². The number of rotatable bonds is 4. The van der Waals surface area contributed by atoms with Crippen molar-refractivity contribution in [3.63, 3.8) is 0 Å². The Morgan fingerprint density at radius 2 is 2.13 bits per heavy atom. The summed E-state index contributed by atoms with van der Waals surface area (Å²) in [5.41, 5.74) is 1.52. The van der Waals surface area contributed by atoms with E-state index in [0.29, 0.717) is 5.41 Å². The fraction of sp³-hybridized carbons (Fsp3) is 0.611. The largest absolute Gasteiger partial charge is 0.490 e. The molecule has 1 spiro atoms. The van der Waals surface area contributed by atoms with E-state index in [4.69, 9.17) is 9.84 Å². The number of aliphatic carboxylic acids is 1. The molecule has 126 valence electrons. The molecule has 5 heteroatoms. The van der Waals surface area contributed by atoms with Crippen molar-refractivity contribution in [3.05, 3.63) is 28.2 Å². The lowest BCUT2D eigenvalue weighted by Crippen LogP contribution is -2.41. The summed E-state index contributed by atoms with van der Waals surface area (Å²) in [5, 5.41) is 8.91. The van der Waals surface area contributed by atoms with Crippen LogP contribution in [0.25, 0.3) is 0 Å². The van der Waals surface area contributed by atoms with Crippen LogP contribution in [0.5, 0.6) is 5.75 Å². The number of ether oxygens (including phenoxy) is 1. The van der Waals surface area contributed by atoms with Crippen molar-refractivity contribution in [1.82, 2.24) is 4.90 Å². The van der Waals surface area contributed by atoms with Gasteiger partial charge in [0.05, 0.1) is 12.6 Å². The second-order valence-corrected chi connectivity index (χ2v) is 7.87. The molecule has 4 nitrogen and oxygen atoms in total. The number of nitrogens with zero attached hydrogens (tertiary/aromatic N) is 1. The Bertz CT molecular complexity index is 582. The summed E-state index contributed by atoms with van der Waals surface area (Å²) in [6.45, 7) is 4.05. The van der Waals surface area contributed by atoms with Crippen molar-refractivity contribution in [3.8, 4) is 5.75 Å². The van der Waals surface area contributed by atoms with Crippen LogP contribution in [-0.4, -0.2) is 41.7 Å². The predicted octanol–water partition coefficient (Wildman–Crippen LogP) is 3.86. The molecule has 0 aromatic heterocycles. The van der Waals surface area contributed by atoms with Gasteiger partial charge < -0.3 is 9.84 Å². The number of likely N-dealkylation sites (tertiary alicyclic amines) is 1. The summed E-state index contributed by atoms with van der Waals surface area (Å²) >= 11 is 3.56. The molecular formula is C18H24BrNO3. The van der Waals surface area contributed by atoms with Crippen molar-refractivity contribution in [2.24, 2.45) is 5.41 Å². The van der Waals surface area contributed by atoms with Gasteiger partial charge in [-0.05, 0) is 69.7 Å². The van der Waals surface area contributed by atoms with E-state index in [1.54, 1.807) is 0 Å². The molecular weight excluding hydrogens is 358 g/mol. The number of benzene rings is 1. The molecule has 3 rings (SSSR count). The van der Waals surface area contributed by atoms with Gasteiger partial charge in [-0.3, -0.25) is 9.69 Å². The highest BCUT2D eigenvalue weighted by Gasteiger charge is 2.42. The van der Waals surface area contributed by atoms with Crippen LogP contribution >= 0.6 is 15.9 Å². The number of hydrogen-bond acceptors (Lipinski definition) is 3. The van der Waals surface area contributed by atoms with Crippen LogP contribution in [0.15, 0.2) is 22.7 Å². The van der Waals surface area contributed by atoms with Crippen LogP contribution in [0.3, 0.4) is 0 Å². The quantitative estimate of drug-likeness (QED) is 0.859. The average Bonchev–Trinajstić information content (AvgIpc) is 2.89. The molecule has 1 saturated heterocycles. The zero-order valence-electron chi connectivity index (χ0n) is 13.6. The Labute approximate surface area is 145 Å². The lowest BCUT2D eigenvalue weighted by atomic mass is 9.77. The van der Waals surface area contributed by atoms with E-state index in [1.807, 2.05) is 18.2 Å². The topological polar surface area (TPSA) is 49.8 Å². The Balaban J connectivity index is 1.57. The maximum atomic E-state index is 10.8. The number of piperidine rings is 1. The maximum Gasteiger partial charge on any atom is 0.317 e. The molecule has 2 aliphatic rings. The van der Waals surface area contributed by atoms with E-state index in [9.17, 15) is 4.79 Å². The van der Waals surface area contributed by atoms with Gasteiger partial charge in [0.1, 0.15) is 5.75 Å². The normalized spacial score (nSPS) is 24.0. The molecule has 0 radical (unpaired) electrons. The van der Waals surface area contributed by atoms with E-state index in [2.05, 4.69) is 27.8 Å². The van der Waals surface area contributed by atoms with Crippen molar-refractivity contribution in [1.29, 1.82) is 0 Å². The first-order valence-electron chi connectivity index (χ1n) is 8.33. The van der Waals surface area contributed by atoms with E-state index < -0.39 is 5.97 Å². The summed E-state index contributed by atoms with van der Waals surface area (Å²) in [6, 6.07) is 6.10. The van der Waals surface area contributed by atoms with Gasteiger partial charge in [0, 0.05) is 10.0 Å². The highest BCUT2D eigenvalue weighted by molar-refractivity contribution is 9.10. The third-order valence-electron chi connectivity index (χ3n) is 5.44. The molecule has 1 atom stereocenters. The fourth-order valence-corrected chi connectivity index (χ4v) is 4.33. The molecule has 2 fully saturated rings. The van der Waals surface area contributed by atoms with Gasteiger partial charge in [0.2, 0.25) is 0 Å². The van der Waals surface area contributed by atoms with Crippen LogP contribution in [0.2, 0.25) is 0 Å². The number of carboxylic acids is 1. The average molecular weight is 382 g/mol. The van der Waals surface area contributed by atoms with Crippen LogP contribution in [0.4, 0.5) is 0 Å². The molecule has 1 saturated carbocycles. The molecule has 1 aromatic carbocycles. The zero-order valence-corrected chi connectivity index (χ0v) is 15.1. The van der Waals surface area contributed by atoms with Gasteiger partial charge in [0.15, 0.2) is 0 Å². The highest BCUT2D eigenvalue weighted by atomic mass is 79.9. The lowest BCUT2D eigenvalue weighted by Gasteiger charge is -2.38. The zero-order chi connectivity index (χ0) is 16.4. The minimum atomic E-state index is -0.723. The van der Waals surface area contributed by atoms with E-state index in [1.165, 1.54) is 6.42 Å². The van der Waals surface area contributed by atoms with E-state index in [0.717, 1.165) is 54.6 Å². The van der Waals surface area contributed by atoms with Crippen molar-refractivity contribution in [2.75, 3.05) is 19.6 Å². The van der Waals surface area contributed by atoms with Crippen LogP contribution < -0.4 is 4.74 Å². The molecule has 0 bridgehead atoms. The molecule has 1 heterocycles. The molecule has 1 aromatic rings. The predicted molar refractivity (Wildman–Crippen MR) is 92.9 cm³/mol. The smallest absolute Gasteiger partial charge is 0.317 e. The first kappa shape index (κ1) is 16.8. The summed E-state index contributed by atoms with van der Waals surface area (Å²) in [4.78, 5) is 12.9. The van der Waals surface area contributed by atoms with E-state index in [-0.39, 0.29) is 12.6 Å². The number of carboxylic acid groups (broad SMARTS) is 1. The standard InChI is InChI=1S/C18H24BrNO3/c1-13-15(19)3-2-4-16(13)23-14-5-6-18(11-14)7-9-20(10-8-18)12-17(21)22/h2-4,14H,5-12H2,1H3,(H,21,22). The first-order valence-corrected chi connectivity index (χ1v) is 9.13. The van der Waals surface area contributed by atoms with Crippen LogP contribution in [0, 0.1) is 12.3 Å². The second kappa shape index (κ2) is 6.81. The molecule has 1 unspecified atom stereocenters. The molecule has 1 aliphatic heterocycles. The lowest BCUT2D eigenvalue weighted by molar-refractivity contribution is -0.138. The Kier molecular flexibility index (Phi) is 4.97. The van der Waals surface area contributed by atoms with Crippen molar-refractivity contribution >= 4 is 21.9 Å². The molecule has 23 heavy (non-hydrogen) atoms. The van der Waals surface area contributed by atoms with Crippen molar-refractivity contribution < 1.29 is 14.6 Å². The molecule has 1 aliphatic carbocycles. The van der Waals surface area contributed by atoms with Crippen LogP contribution in [-0.2, 0) is 4.79 Å². The Hall–Kier alpha value is -1.07. The fourth-order valence-electron chi connectivity index (χ4n) is 3.98. The molecule has 1 N–H and O–H groups in total. The van der Waals surface area contributed by atoms with Gasteiger partial charge in [-0.1, -0.05) is 22.0 Å². The van der Waals surface area contributed by atoms with Crippen molar-refractivity contribution in [2.45, 2.75) is 45.1 Å². The Morgan fingerprint density at radius 3 is 2.83 bits per heavy atom. The number of halogens is 1. The summed E-state index contributed by atoms with van der Waals surface area (Å²) in [5.74, 6) is 0.253. The van der Waals surface area contributed by atoms with Gasteiger partial charge in [-0.2, -0.15) is 0 Å².